The number of hydrogen-bond acceptors (Lipinski definition) is 3. The highest BCUT2D eigenvalue weighted by Crippen LogP contribution is 2.32. The van der Waals surface area contributed by atoms with Crippen LogP contribution in [0.25, 0.3) is 0 Å². The lowest BCUT2D eigenvalue weighted by molar-refractivity contribution is -0.116. The molecule has 1 aromatic carbocycles. The maximum Gasteiger partial charge on any atom is 0.236 e. The predicted octanol–water partition coefficient (Wildman–Crippen LogP) is 1.64. The van der Waals surface area contributed by atoms with Gasteiger partial charge in [-0.05, 0) is 25.0 Å². The molecule has 98 valence electrons. The number of hydrogen-bond donors (Lipinski definition) is 2. The summed E-state index contributed by atoms with van der Waals surface area (Å²) >= 11 is 0. The lowest BCUT2D eigenvalue weighted by Gasteiger charge is -2.31. The van der Waals surface area contributed by atoms with Crippen LogP contribution in [-0.2, 0) is 4.79 Å². The highest BCUT2D eigenvalue weighted by atomic mass is 19.1. The Morgan fingerprint density at radius 2 is 2.06 bits per heavy atom. The number of primary amides is 1. The van der Waals surface area contributed by atoms with Gasteiger partial charge >= 0.3 is 0 Å². The molecule has 1 aromatic rings. The average molecular weight is 251 g/mol. The largest absolute Gasteiger partial charge is 0.395 e. The molecule has 1 aliphatic rings. The standard InChI is InChI=1S/C13H18FN3O/c14-10-6-3-7-11(13(10)16)17(8-12(15)18)9-4-1-2-5-9/h3,6-7,9H,1-2,4-5,8,16H2,(H2,15,18). The fourth-order valence-electron chi connectivity index (χ4n) is 2.57. The lowest BCUT2D eigenvalue weighted by Crippen LogP contribution is -2.40. The third-order valence-electron chi connectivity index (χ3n) is 3.43. The molecule has 0 bridgehead atoms. The maximum absolute atomic E-state index is 13.5. The number of rotatable bonds is 4. The second-order valence-electron chi connectivity index (χ2n) is 4.71. The Morgan fingerprint density at radius 3 is 2.67 bits per heavy atom. The number of nitrogens with zero attached hydrogens (tertiary/aromatic N) is 1. The molecular formula is C13H18FN3O. The summed E-state index contributed by atoms with van der Waals surface area (Å²) in [6.45, 7) is 0.0817. The van der Waals surface area contributed by atoms with Crippen LogP contribution < -0.4 is 16.4 Å². The first kappa shape index (κ1) is 12.7. The van der Waals surface area contributed by atoms with Crippen LogP contribution in [-0.4, -0.2) is 18.5 Å². The van der Waals surface area contributed by atoms with Crippen LogP contribution in [0.4, 0.5) is 15.8 Å². The second kappa shape index (κ2) is 5.25. The number of carbonyl (C=O) groups is 1. The van der Waals surface area contributed by atoms with E-state index in [1.54, 1.807) is 12.1 Å². The molecule has 2 rings (SSSR count). The van der Waals surface area contributed by atoms with Crippen LogP contribution in [0.2, 0.25) is 0 Å². The minimum absolute atomic E-state index is 0.0817. The molecule has 0 spiro atoms. The van der Waals surface area contributed by atoms with Crippen molar-refractivity contribution in [1.29, 1.82) is 0 Å². The van der Waals surface area contributed by atoms with Gasteiger partial charge in [-0.25, -0.2) is 4.39 Å². The quantitative estimate of drug-likeness (QED) is 0.799. The number of nitrogens with two attached hydrogens (primary N) is 2. The zero-order chi connectivity index (χ0) is 13.1. The molecule has 4 N–H and O–H groups in total. The van der Waals surface area contributed by atoms with Crippen molar-refractivity contribution in [3.05, 3.63) is 24.0 Å². The van der Waals surface area contributed by atoms with Crippen molar-refractivity contribution >= 4 is 17.3 Å². The van der Waals surface area contributed by atoms with Gasteiger partial charge in [0.05, 0.1) is 17.9 Å². The predicted molar refractivity (Wildman–Crippen MR) is 69.6 cm³/mol. The van der Waals surface area contributed by atoms with Gasteiger partial charge < -0.3 is 16.4 Å². The molecule has 0 atom stereocenters. The van der Waals surface area contributed by atoms with Gasteiger partial charge in [-0.3, -0.25) is 4.79 Å². The highest BCUT2D eigenvalue weighted by molar-refractivity contribution is 5.82. The number of nitrogen functional groups attached to an aromatic ring is 1. The van der Waals surface area contributed by atoms with Crippen molar-refractivity contribution in [3.8, 4) is 0 Å². The summed E-state index contributed by atoms with van der Waals surface area (Å²) in [5.41, 5.74) is 11.7. The van der Waals surface area contributed by atoms with Crippen LogP contribution >= 0.6 is 0 Å². The summed E-state index contributed by atoms with van der Waals surface area (Å²) in [6.07, 6.45) is 4.22. The van der Waals surface area contributed by atoms with Crippen LogP contribution in [0, 0.1) is 5.82 Å². The Bertz CT molecular complexity index is 444. The molecule has 18 heavy (non-hydrogen) atoms. The molecule has 1 amide bonds. The summed E-state index contributed by atoms with van der Waals surface area (Å²) in [7, 11) is 0. The minimum Gasteiger partial charge on any atom is -0.395 e. The van der Waals surface area contributed by atoms with Gasteiger partial charge in [0, 0.05) is 6.04 Å². The van der Waals surface area contributed by atoms with Crippen LogP contribution in [0.15, 0.2) is 18.2 Å². The topological polar surface area (TPSA) is 72.4 Å². The molecule has 0 unspecified atom stereocenters. The van der Waals surface area contributed by atoms with E-state index in [1.165, 1.54) is 6.07 Å². The molecule has 0 saturated heterocycles. The van der Waals surface area contributed by atoms with Crippen molar-refractivity contribution in [3.63, 3.8) is 0 Å². The van der Waals surface area contributed by atoms with Crippen LogP contribution in [0.5, 0.6) is 0 Å². The Morgan fingerprint density at radius 1 is 1.39 bits per heavy atom. The lowest BCUT2D eigenvalue weighted by atomic mass is 10.1. The Kier molecular flexibility index (Phi) is 3.69. The van der Waals surface area contributed by atoms with Gasteiger partial charge in [-0.2, -0.15) is 0 Å². The molecule has 0 aliphatic heterocycles. The first-order chi connectivity index (χ1) is 8.59. The normalized spacial score (nSPS) is 15.8. The third-order valence-corrected chi connectivity index (χ3v) is 3.43. The molecule has 0 radical (unpaired) electrons. The average Bonchev–Trinajstić information content (AvgIpc) is 2.83. The number of amides is 1. The molecule has 5 heteroatoms. The minimum atomic E-state index is -0.458. The Labute approximate surface area is 106 Å². The van der Waals surface area contributed by atoms with Crippen molar-refractivity contribution in [2.45, 2.75) is 31.7 Å². The summed E-state index contributed by atoms with van der Waals surface area (Å²) in [4.78, 5) is 13.0. The van der Waals surface area contributed by atoms with E-state index in [0.717, 1.165) is 25.7 Å². The van der Waals surface area contributed by atoms with E-state index >= 15 is 0 Å². The fourth-order valence-corrected chi connectivity index (χ4v) is 2.57. The smallest absolute Gasteiger partial charge is 0.236 e. The van der Waals surface area contributed by atoms with E-state index in [1.807, 2.05) is 4.90 Å². The van der Waals surface area contributed by atoms with E-state index in [2.05, 4.69) is 0 Å². The van der Waals surface area contributed by atoms with Crippen LogP contribution in [0.3, 0.4) is 0 Å². The zero-order valence-corrected chi connectivity index (χ0v) is 10.2. The van der Waals surface area contributed by atoms with Gasteiger partial charge in [0.15, 0.2) is 0 Å². The molecule has 4 nitrogen and oxygen atoms in total. The first-order valence-electron chi connectivity index (χ1n) is 6.18. The Balaban J connectivity index is 2.32. The van der Waals surface area contributed by atoms with Crippen molar-refractivity contribution in [2.75, 3.05) is 17.2 Å². The van der Waals surface area contributed by atoms with Gasteiger partial charge in [0.1, 0.15) is 5.82 Å². The van der Waals surface area contributed by atoms with E-state index in [0.29, 0.717) is 5.69 Å². The van der Waals surface area contributed by atoms with E-state index < -0.39 is 11.7 Å². The van der Waals surface area contributed by atoms with Crippen molar-refractivity contribution < 1.29 is 9.18 Å². The maximum atomic E-state index is 13.5. The number of benzene rings is 1. The van der Waals surface area contributed by atoms with E-state index in [9.17, 15) is 9.18 Å². The number of carbonyl (C=O) groups excluding carboxylic acids is 1. The van der Waals surface area contributed by atoms with Crippen LogP contribution in [0.1, 0.15) is 25.7 Å². The summed E-state index contributed by atoms with van der Waals surface area (Å²) in [5.74, 6) is -0.884. The van der Waals surface area contributed by atoms with Crippen molar-refractivity contribution in [1.82, 2.24) is 0 Å². The second-order valence-corrected chi connectivity index (χ2v) is 4.71. The van der Waals surface area contributed by atoms with Crippen molar-refractivity contribution in [2.24, 2.45) is 5.73 Å². The first-order valence-corrected chi connectivity index (χ1v) is 6.18. The summed E-state index contributed by atoms with van der Waals surface area (Å²) < 4.78 is 13.5. The third kappa shape index (κ3) is 2.55. The molecular weight excluding hydrogens is 233 g/mol. The molecule has 1 saturated carbocycles. The number of para-hydroxylation sites is 1. The highest BCUT2D eigenvalue weighted by Gasteiger charge is 2.25. The van der Waals surface area contributed by atoms with Gasteiger partial charge in [-0.15, -0.1) is 0 Å². The fraction of sp³-hybridized carbons (Fsp3) is 0.462. The summed E-state index contributed by atoms with van der Waals surface area (Å²) in [6, 6.07) is 4.88. The molecule has 0 aromatic heterocycles. The number of halogens is 1. The molecule has 0 heterocycles. The van der Waals surface area contributed by atoms with Gasteiger partial charge in [0.25, 0.3) is 0 Å². The van der Waals surface area contributed by atoms with E-state index in [-0.39, 0.29) is 18.3 Å². The number of anilines is 2. The Hall–Kier alpha value is -1.78. The van der Waals surface area contributed by atoms with Gasteiger partial charge in [-0.1, -0.05) is 18.9 Å². The van der Waals surface area contributed by atoms with E-state index in [4.69, 9.17) is 11.5 Å². The van der Waals surface area contributed by atoms with Gasteiger partial charge in [0.2, 0.25) is 5.91 Å². The molecule has 1 aliphatic carbocycles. The monoisotopic (exact) mass is 251 g/mol. The zero-order valence-electron chi connectivity index (χ0n) is 10.2. The molecule has 1 fully saturated rings. The SMILES string of the molecule is NC(=O)CN(c1cccc(F)c1N)C1CCCC1. The summed E-state index contributed by atoms with van der Waals surface area (Å²) in [5, 5.41) is 0.